The number of hydrogen-bond donors (Lipinski definition) is 2. The summed E-state index contributed by atoms with van der Waals surface area (Å²) in [6.07, 6.45) is 12.2. The fraction of sp³-hybridized carbons (Fsp3) is 0.941. The van der Waals surface area contributed by atoms with Crippen LogP contribution in [0.1, 0.15) is 57.8 Å². The summed E-state index contributed by atoms with van der Waals surface area (Å²) in [4.78, 5) is 14.0. The average molecular weight is 277 g/mol. The van der Waals surface area contributed by atoms with Gasteiger partial charge in [0.25, 0.3) is 5.91 Å². The van der Waals surface area contributed by atoms with Crippen LogP contribution in [0.15, 0.2) is 0 Å². The molecule has 20 heavy (non-hydrogen) atoms. The zero-order chi connectivity index (χ0) is 13.6. The third-order valence-electron chi connectivity index (χ3n) is 6.41. The van der Waals surface area contributed by atoms with Crippen molar-refractivity contribution in [1.82, 2.24) is 5.32 Å². The lowest BCUT2D eigenvalue weighted by molar-refractivity contribution is -0.896. The van der Waals surface area contributed by atoms with Crippen LogP contribution < -0.4 is 10.2 Å². The molecule has 1 heterocycles. The van der Waals surface area contributed by atoms with Gasteiger partial charge in [-0.25, -0.2) is 0 Å². The Balaban J connectivity index is 1.37. The van der Waals surface area contributed by atoms with Gasteiger partial charge < -0.3 is 10.2 Å². The van der Waals surface area contributed by atoms with Crippen molar-refractivity contribution in [3.8, 4) is 0 Å². The van der Waals surface area contributed by atoms with E-state index in [0.717, 1.165) is 24.3 Å². The number of hydrogen-bond acceptors (Lipinski definition) is 1. The molecule has 4 aliphatic carbocycles. The van der Waals surface area contributed by atoms with E-state index < -0.39 is 0 Å². The minimum atomic E-state index is 0.209. The van der Waals surface area contributed by atoms with Crippen LogP contribution in [0.5, 0.6) is 0 Å². The summed E-state index contributed by atoms with van der Waals surface area (Å²) in [5, 5.41) is 3.51. The molecule has 5 aliphatic rings. The largest absolute Gasteiger partial charge is 0.346 e. The van der Waals surface area contributed by atoms with E-state index in [2.05, 4.69) is 5.32 Å². The van der Waals surface area contributed by atoms with Gasteiger partial charge >= 0.3 is 0 Å². The minimum absolute atomic E-state index is 0.209. The molecule has 4 bridgehead atoms. The van der Waals surface area contributed by atoms with Gasteiger partial charge in [-0.05, 0) is 75.5 Å². The van der Waals surface area contributed by atoms with Crippen LogP contribution in [-0.4, -0.2) is 31.1 Å². The first-order chi connectivity index (χ1) is 9.71. The summed E-state index contributed by atoms with van der Waals surface area (Å²) >= 11 is 0. The van der Waals surface area contributed by atoms with Gasteiger partial charge in [-0.1, -0.05) is 0 Å². The van der Waals surface area contributed by atoms with Crippen molar-refractivity contribution in [2.24, 2.45) is 17.8 Å². The fourth-order valence-electron chi connectivity index (χ4n) is 6.06. The predicted molar refractivity (Wildman–Crippen MR) is 78.5 cm³/mol. The molecule has 3 heteroatoms. The molecule has 0 unspecified atom stereocenters. The number of quaternary nitrogens is 1. The summed E-state index contributed by atoms with van der Waals surface area (Å²) in [5.74, 6) is 3.10. The molecule has 0 aromatic rings. The third-order valence-corrected chi connectivity index (χ3v) is 6.41. The van der Waals surface area contributed by atoms with Gasteiger partial charge in [0.2, 0.25) is 0 Å². The molecule has 5 fully saturated rings. The molecule has 0 aromatic carbocycles. The summed E-state index contributed by atoms with van der Waals surface area (Å²) in [6, 6.07) is 0. The van der Waals surface area contributed by atoms with Crippen molar-refractivity contribution in [1.29, 1.82) is 0 Å². The highest BCUT2D eigenvalue weighted by molar-refractivity contribution is 5.77. The second kappa shape index (κ2) is 5.01. The summed E-state index contributed by atoms with van der Waals surface area (Å²) in [5.41, 5.74) is 0.209. The normalized spacial score (nSPS) is 43.7. The smallest absolute Gasteiger partial charge is 0.275 e. The number of piperidine rings is 1. The molecule has 0 aromatic heterocycles. The first kappa shape index (κ1) is 13.1. The molecule has 5 rings (SSSR count). The molecule has 1 aliphatic heterocycles. The number of nitrogens with one attached hydrogen (secondary N) is 2. The fourth-order valence-corrected chi connectivity index (χ4v) is 6.06. The molecule has 0 radical (unpaired) electrons. The molecule has 0 atom stereocenters. The quantitative estimate of drug-likeness (QED) is 0.797. The number of carbonyl (C=O) groups is 1. The van der Waals surface area contributed by atoms with Crippen molar-refractivity contribution in [2.45, 2.75) is 63.3 Å². The van der Waals surface area contributed by atoms with Crippen molar-refractivity contribution in [2.75, 3.05) is 19.6 Å². The van der Waals surface area contributed by atoms with Crippen LogP contribution in [0.3, 0.4) is 0 Å². The lowest BCUT2D eigenvalue weighted by Crippen LogP contribution is -3.14. The first-order valence-corrected chi connectivity index (χ1v) is 8.85. The van der Waals surface area contributed by atoms with Crippen molar-refractivity contribution in [3.05, 3.63) is 0 Å². The van der Waals surface area contributed by atoms with Crippen molar-refractivity contribution in [3.63, 3.8) is 0 Å². The number of likely N-dealkylation sites (tertiary alicyclic amines) is 1. The van der Waals surface area contributed by atoms with Crippen LogP contribution in [0, 0.1) is 17.8 Å². The third kappa shape index (κ3) is 2.49. The van der Waals surface area contributed by atoms with E-state index in [1.807, 2.05) is 0 Å². The zero-order valence-electron chi connectivity index (χ0n) is 12.6. The van der Waals surface area contributed by atoms with E-state index in [-0.39, 0.29) is 5.54 Å². The van der Waals surface area contributed by atoms with Crippen LogP contribution in [0.2, 0.25) is 0 Å². The Labute approximate surface area is 122 Å². The van der Waals surface area contributed by atoms with Crippen LogP contribution in [0.4, 0.5) is 0 Å². The highest BCUT2D eigenvalue weighted by Gasteiger charge is 2.51. The standard InChI is InChI=1S/C17H28N2O/c20-16(12-19-4-2-1-3-5-19)18-17-9-13-6-14(10-17)8-15(7-13)11-17/h13-15H,1-12H2,(H,18,20)/p+1. The molecule has 2 N–H and O–H groups in total. The maximum absolute atomic E-state index is 12.5. The second-order valence-corrected chi connectivity index (χ2v) is 8.23. The van der Waals surface area contributed by atoms with E-state index in [0.29, 0.717) is 5.91 Å². The number of carbonyl (C=O) groups excluding carboxylic acids is 1. The van der Waals surface area contributed by atoms with E-state index in [1.54, 1.807) is 0 Å². The number of rotatable bonds is 3. The van der Waals surface area contributed by atoms with Crippen LogP contribution >= 0.6 is 0 Å². The predicted octanol–water partition coefficient (Wildman–Crippen LogP) is 1.14. The Hall–Kier alpha value is -0.570. The Morgan fingerprint density at radius 1 is 0.950 bits per heavy atom. The minimum Gasteiger partial charge on any atom is -0.346 e. The maximum atomic E-state index is 12.5. The van der Waals surface area contributed by atoms with Gasteiger partial charge in [0.15, 0.2) is 6.54 Å². The van der Waals surface area contributed by atoms with Crippen LogP contribution in [0.25, 0.3) is 0 Å². The van der Waals surface area contributed by atoms with Gasteiger partial charge in [0.1, 0.15) is 0 Å². The first-order valence-electron chi connectivity index (χ1n) is 8.85. The van der Waals surface area contributed by atoms with Gasteiger partial charge in [0.05, 0.1) is 13.1 Å². The van der Waals surface area contributed by atoms with Gasteiger partial charge in [-0.2, -0.15) is 0 Å². The Bertz CT molecular complexity index is 351. The van der Waals surface area contributed by atoms with Gasteiger partial charge in [0, 0.05) is 5.54 Å². The summed E-state index contributed by atoms with van der Waals surface area (Å²) in [7, 11) is 0. The monoisotopic (exact) mass is 277 g/mol. The molecule has 3 nitrogen and oxygen atoms in total. The maximum Gasteiger partial charge on any atom is 0.275 e. The molecule has 1 amide bonds. The Kier molecular flexibility index (Phi) is 3.29. The molecule has 1 saturated heterocycles. The summed E-state index contributed by atoms with van der Waals surface area (Å²) < 4.78 is 0. The molecular weight excluding hydrogens is 248 g/mol. The summed E-state index contributed by atoms with van der Waals surface area (Å²) in [6.45, 7) is 3.13. The highest BCUT2D eigenvalue weighted by Crippen LogP contribution is 2.55. The van der Waals surface area contributed by atoms with Crippen LogP contribution in [-0.2, 0) is 4.79 Å². The molecule has 112 valence electrons. The Morgan fingerprint density at radius 3 is 2.05 bits per heavy atom. The Morgan fingerprint density at radius 2 is 1.50 bits per heavy atom. The average Bonchev–Trinajstić information content (AvgIpc) is 2.37. The van der Waals surface area contributed by atoms with E-state index in [1.165, 1.54) is 75.8 Å². The van der Waals surface area contributed by atoms with Gasteiger partial charge in [-0.3, -0.25) is 4.79 Å². The highest BCUT2D eigenvalue weighted by atomic mass is 16.2. The molecule has 4 saturated carbocycles. The van der Waals surface area contributed by atoms with Crippen molar-refractivity contribution >= 4 is 5.91 Å². The van der Waals surface area contributed by atoms with Crippen molar-refractivity contribution < 1.29 is 9.69 Å². The van der Waals surface area contributed by atoms with E-state index >= 15 is 0 Å². The lowest BCUT2D eigenvalue weighted by Gasteiger charge is -2.56. The van der Waals surface area contributed by atoms with E-state index in [4.69, 9.17) is 0 Å². The van der Waals surface area contributed by atoms with Gasteiger partial charge in [-0.15, -0.1) is 0 Å². The molecular formula is C17H29N2O+. The number of amides is 1. The van der Waals surface area contributed by atoms with E-state index in [9.17, 15) is 4.79 Å². The SMILES string of the molecule is O=C(C[NH+]1CCCCC1)NC12CC3CC(CC(C3)C1)C2. The topological polar surface area (TPSA) is 33.5 Å². The second-order valence-electron chi connectivity index (χ2n) is 8.23. The zero-order valence-corrected chi connectivity index (χ0v) is 12.6. The lowest BCUT2D eigenvalue weighted by atomic mass is 9.53. The molecule has 0 spiro atoms.